The number of cyclic esters (lactones) is 1. The van der Waals surface area contributed by atoms with Gasteiger partial charge in [0.1, 0.15) is 60.4 Å². The molecule has 1 aliphatic heterocycles. The van der Waals surface area contributed by atoms with Gasteiger partial charge in [0.05, 0.1) is 24.7 Å². The van der Waals surface area contributed by atoms with Gasteiger partial charge in [-0.3, -0.25) is 38.4 Å². The van der Waals surface area contributed by atoms with E-state index in [4.69, 9.17) is 19.9 Å². The van der Waals surface area contributed by atoms with Crippen molar-refractivity contribution in [2.75, 3.05) is 20.3 Å². The first-order valence-corrected chi connectivity index (χ1v) is 24.3. The molecule has 23 heteroatoms. The summed E-state index contributed by atoms with van der Waals surface area (Å²) in [5.41, 5.74) is 3.76. The Hall–Kier alpha value is -6.95. The van der Waals surface area contributed by atoms with Crippen LogP contribution in [0.2, 0.25) is 0 Å². The van der Waals surface area contributed by atoms with Gasteiger partial charge in [-0.2, -0.15) is 0 Å². The number of amides is 7. The highest BCUT2D eigenvalue weighted by molar-refractivity contribution is 5.98. The number of aliphatic hydroxyl groups is 4. The largest absolute Gasteiger partial charge is 0.487 e. The van der Waals surface area contributed by atoms with Crippen LogP contribution in [0.3, 0.4) is 0 Å². The standard InChI is InChI=1S/C51H73N7O16/c1-11-27(4)39-46(66)57-42(34-17-19-35(20-18-34)74-31(8)51(71,25-59)22-21-38(52)62)49(69)58(10)37(23-33-15-13-12-14-16-33)45(65)55-40(29(6)60)47(67)53-36(24-72-32(9)61)50(70)73-30(7)41(48(68)54-39)56-44(64)28(5)43(63)26(2)3/h12-22,26-31,36-37,39-43,59-60,63,71H,11,23-25H2,1-10H3,(H2,52,62)(H,53,67)(H,54,68)(H,55,65)(H,56,64)(H,57,66)/b22-21+/t27-,28+,29+,30+,31+,36-,37-,39+,40+,41-,42-,43+,51-/m0/s1. The first kappa shape index (κ1) is 61.4. The second-order valence-corrected chi connectivity index (χ2v) is 18.9. The SMILES string of the molecule is CC[C@H](C)[C@H]1NC(=O)[C@@H](NC(=O)[C@H](C)[C@H](O)C(C)C)[C@@H](C)OC(=O)[C@H](COC(C)=O)NC(=O)[C@@H]([C@@H](C)O)NC(=O)[C@H](Cc2ccccc2)N(C)C(=O)[C@H](c2ccc(O[C@H](C)[C@](O)(/C=C/C(N)=O)CO)cc2)NC1=O. The molecule has 2 aromatic rings. The lowest BCUT2D eigenvalue weighted by atomic mass is 9.93. The predicted octanol–water partition coefficient (Wildman–Crippen LogP) is -1.03. The molecule has 0 saturated carbocycles. The third-order valence-electron chi connectivity index (χ3n) is 12.8. The van der Waals surface area contributed by atoms with Crippen molar-refractivity contribution in [2.45, 2.75) is 141 Å². The molecule has 23 nitrogen and oxygen atoms in total. The molecular weight excluding hydrogens is 967 g/mol. The monoisotopic (exact) mass is 1040 g/mol. The van der Waals surface area contributed by atoms with Crippen molar-refractivity contribution in [1.29, 1.82) is 0 Å². The van der Waals surface area contributed by atoms with Crippen LogP contribution in [0.5, 0.6) is 5.75 Å². The van der Waals surface area contributed by atoms with Crippen molar-refractivity contribution < 1.29 is 77.8 Å². The summed E-state index contributed by atoms with van der Waals surface area (Å²) in [4.78, 5) is 125. The number of nitrogens with zero attached hydrogens (tertiary/aromatic N) is 1. The third-order valence-corrected chi connectivity index (χ3v) is 12.8. The van der Waals surface area contributed by atoms with Gasteiger partial charge >= 0.3 is 11.9 Å². The van der Waals surface area contributed by atoms with Crippen LogP contribution in [0.15, 0.2) is 66.7 Å². The van der Waals surface area contributed by atoms with Crippen LogP contribution in [0, 0.1) is 17.8 Å². The first-order valence-electron chi connectivity index (χ1n) is 24.3. The third kappa shape index (κ3) is 17.1. The number of benzene rings is 2. The topological polar surface area (TPSA) is 352 Å². The molecule has 408 valence electrons. The number of hydrogen-bond acceptors (Lipinski definition) is 16. The van der Waals surface area contributed by atoms with Crippen LogP contribution >= 0.6 is 0 Å². The van der Waals surface area contributed by atoms with E-state index in [1.165, 1.54) is 59.0 Å². The molecule has 11 N–H and O–H groups in total. The molecule has 0 spiro atoms. The van der Waals surface area contributed by atoms with Gasteiger partial charge in [-0.1, -0.05) is 83.5 Å². The lowest BCUT2D eigenvalue weighted by Crippen LogP contribution is -2.61. The molecule has 0 aliphatic carbocycles. The molecule has 1 saturated heterocycles. The molecule has 1 aliphatic rings. The molecule has 1 fully saturated rings. The molecule has 1 heterocycles. The second-order valence-electron chi connectivity index (χ2n) is 18.9. The van der Waals surface area contributed by atoms with E-state index < -0.39 is 151 Å². The fourth-order valence-corrected chi connectivity index (χ4v) is 7.69. The number of aliphatic hydroxyl groups excluding tert-OH is 3. The number of ether oxygens (including phenoxy) is 3. The molecule has 3 rings (SSSR count). The van der Waals surface area contributed by atoms with Crippen molar-refractivity contribution in [2.24, 2.45) is 23.5 Å². The number of rotatable bonds is 18. The zero-order valence-corrected chi connectivity index (χ0v) is 43.4. The van der Waals surface area contributed by atoms with E-state index in [0.717, 1.165) is 24.0 Å². The summed E-state index contributed by atoms with van der Waals surface area (Å²) in [6, 6.07) is 3.90. The number of hydrogen-bond donors (Lipinski definition) is 10. The second kappa shape index (κ2) is 27.9. The molecule has 74 heavy (non-hydrogen) atoms. The maximum absolute atomic E-state index is 15.1. The quantitative estimate of drug-likeness (QED) is 0.0631. The van der Waals surface area contributed by atoms with Gasteiger partial charge in [-0.05, 0) is 61.9 Å². The maximum atomic E-state index is 15.1. The molecule has 2 aromatic carbocycles. The summed E-state index contributed by atoms with van der Waals surface area (Å²) >= 11 is 0. The summed E-state index contributed by atoms with van der Waals surface area (Å²) in [6.07, 6.45) is -3.73. The lowest BCUT2D eigenvalue weighted by molar-refractivity contribution is -0.160. The molecule has 0 aromatic heterocycles. The minimum absolute atomic E-state index is 0.0885. The van der Waals surface area contributed by atoms with Crippen LogP contribution in [-0.2, 0) is 59.0 Å². The van der Waals surface area contributed by atoms with E-state index in [1.54, 1.807) is 58.0 Å². The van der Waals surface area contributed by atoms with Crippen molar-refractivity contribution >= 4 is 53.3 Å². The average molecular weight is 1040 g/mol. The minimum atomic E-state index is -2.07. The minimum Gasteiger partial charge on any atom is -0.487 e. The average Bonchev–Trinajstić information content (AvgIpc) is 3.36. The van der Waals surface area contributed by atoms with Crippen LogP contribution < -0.4 is 37.1 Å². The Morgan fingerprint density at radius 1 is 0.865 bits per heavy atom. The molecular formula is C51H73N7O16. The van der Waals surface area contributed by atoms with Crippen molar-refractivity contribution in [1.82, 2.24) is 31.5 Å². The van der Waals surface area contributed by atoms with Gasteiger partial charge in [0, 0.05) is 26.5 Å². The Labute approximate surface area is 430 Å². The fraction of sp³-hybridized carbons (Fsp3) is 0.549. The summed E-state index contributed by atoms with van der Waals surface area (Å²) < 4.78 is 16.6. The smallest absolute Gasteiger partial charge is 0.332 e. The highest BCUT2D eigenvalue weighted by Gasteiger charge is 2.42. The van der Waals surface area contributed by atoms with E-state index in [9.17, 15) is 58.8 Å². The zero-order valence-electron chi connectivity index (χ0n) is 43.4. The van der Waals surface area contributed by atoms with Crippen molar-refractivity contribution in [3.05, 3.63) is 77.9 Å². The Balaban J connectivity index is 2.32. The zero-order chi connectivity index (χ0) is 55.8. The van der Waals surface area contributed by atoms with Gasteiger partial charge < -0.3 is 71.9 Å². The summed E-state index contributed by atoms with van der Waals surface area (Å²) in [5, 5.41) is 55.4. The van der Waals surface area contributed by atoms with Crippen LogP contribution in [0.25, 0.3) is 0 Å². The maximum Gasteiger partial charge on any atom is 0.332 e. The Morgan fingerprint density at radius 3 is 2.00 bits per heavy atom. The first-order chi connectivity index (χ1) is 34.6. The number of carbonyl (C=O) groups excluding carboxylic acids is 9. The van der Waals surface area contributed by atoms with Crippen LogP contribution in [-0.4, -0.2) is 159 Å². The van der Waals surface area contributed by atoms with Crippen LogP contribution in [0.4, 0.5) is 0 Å². The molecule has 0 bridgehead atoms. The number of esters is 2. The highest BCUT2D eigenvalue weighted by Crippen LogP contribution is 2.26. The molecule has 0 unspecified atom stereocenters. The molecule has 7 amide bonds. The summed E-state index contributed by atoms with van der Waals surface area (Å²) in [7, 11) is 1.27. The summed E-state index contributed by atoms with van der Waals surface area (Å²) in [5.74, 6) is -11.0. The van der Waals surface area contributed by atoms with Gasteiger partial charge in [0.25, 0.3) is 0 Å². The predicted molar refractivity (Wildman–Crippen MR) is 266 cm³/mol. The van der Waals surface area contributed by atoms with Gasteiger partial charge in [-0.15, -0.1) is 0 Å². The van der Waals surface area contributed by atoms with E-state index in [2.05, 4.69) is 26.6 Å². The molecule has 13 atom stereocenters. The summed E-state index contributed by atoms with van der Waals surface area (Å²) in [6.45, 7) is 11.2. The molecule has 0 radical (unpaired) electrons. The highest BCUT2D eigenvalue weighted by atomic mass is 16.6. The van der Waals surface area contributed by atoms with E-state index in [-0.39, 0.29) is 24.2 Å². The Bertz CT molecular complexity index is 2310. The van der Waals surface area contributed by atoms with Crippen LogP contribution in [0.1, 0.15) is 85.9 Å². The number of carbonyl (C=O) groups is 9. The van der Waals surface area contributed by atoms with Gasteiger partial charge in [-0.25, -0.2) is 4.79 Å². The number of nitrogens with one attached hydrogen (secondary N) is 5. The van der Waals surface area contributed by atoms with Gasteiger partial charge in [0.2, 0.25) is 41.4 Å². The van der Waals surface area contributed by atoms with Gasteiger partial charge in [0.15, 0.2) is 6.04 Å². The number of primary amides is 1. The Kier molecular flexibility index (Phi) is 23.1. The normalized spacial score (nSPS) is 24.7. The van der Waals surface area contributed by atoms with E-state index >= 15 is 4.79 Å². The number of likely N-dealkylation sites (N-methyl/N-ethyl adjacent to an activating group) is 1. The number of nitrogens with two attached hydrogens (primary N) is 1. The van der Waals surface area contributed by atoms with E-state index in [1.807, 2.05) is 0 Å². The van der Waals surface area contributed by atoms with Crippen molar-refractivity contribution in [3.8, 4) is 5.75 Å². The lowest BCUT2D eigenvalue weighted by Gasteiger charge is -2.34. The van der Waals surface area contributed by atoms with E-state index in [0.29, 0.717) is 5.56 Å². The Morgan fingerprint density at radius 2 is 1.46 bits per heavy atom. The fourth-order valence-electron chi connectivity index (χ4n) is 7.69. The van der Waals surface area contributed by atoms with Crippen molar-refractivity contribution in [3.63, 3.8) is 0 Å².